The predicted molar refractivity (Wildman–Crippen MR) is 119 cm³/mol. The Hall–Kier alpha value is -2.87. The first-order valence-electron chi connectivity index (χ1n) is 11.2. The maximum Gasteiger partial charge on any atom is 0.242 e. The summed E-state index contributed by atoms with van der Waals surface area (Å²) in [5, 5.41) is 7.89. The van der Waals surface area contributed by atoms with Crippen LogP contribution in [0.4, 0.5) is 5.69 Å². The Morgan fingerprint density at radius 1 is 1.35 bits per heavy atom. The van der Waals surface area contributed by atoms with Gasteiger partial charge in [-0.25, -0.2) is 4.98 Å². The van der Waals surface area contributed by atoms with Crippen molar-refractivity contribution in [1.29, 1.82) is 0 Å². The summed E-state index contributed by atoms with van der Waals surface area (Å²) in [6.45, 7) is 4.58. The number of amides is 1. The van der Waals surface area contributed by atoms with Crippen molar-refractivity contribution in [3.63, 3.8) is 0 Å². The molecule has 4 heterocycles. The number of aromatic nitrogens is 4. The van der Waals surface area contributed by atoms with Gasteiger partial charge in [-0.3, -0.25) is 9.48 Å². The third-order valence-corrected chi connectivity index (χ3v) is 6.60. The molecule has 0 bridgehead atoms. The second-order valence-corrected chi connectivity index (χ2v) is 8.70. The summed E-state index contributed by atoms with van der Waals surface area (Å²) in [6, 6.07) is 6.80. The highest BCUT2D eigenvalue weighted by Gasteiger charge is 2.26. The maximum atomic E-state index is 13.1. The quantitative estimate of drug-likeness (QED) is 0.660. The van der Waals surface area contributed by atoms with E-state index in [1.54, 1.807) is 6.20 Å². The van der Waals surface area contributed by atoms with Crippen LogP contribution in [0.15, 0.2) is 30.6 Å². The number of nitrogens with one attached hydrogen (secondary N) is 1. The van der Waals surface area contributed by atoms with Gasteiger partial charge in [-0.2, -0.15) is 5.10 Å². The molecule has 1 aromatic carbocycles. The zero-order valence-corrected chi connectivity index (χ0v) is 18.3. The van der Waals surface area contributed by atoms with E-state index < -0.39 is 0 Å². The Morgan fingerprint density at radius 2 is 2.26 bits per heavy atom. The SMILES string of the molecule is C[C@H]1CCc2c(ccc3c2nc(CCn2cccn2)n3CC(=O)N(C)[C@H]2CCOC2)N1. The smallest absolute Gasteiger partial charge is 0.242 e. The second kappa shape index (κ2) is 8.34. The van der Waals surface area contributed by atoms with E-state index in [9.17, 15) is 4.79 Å². The Bertz CT molecular complexity index is 1070. The van der Waals surface area contributed by atoms with Crippen LogP contribution in [0.3, 0.4) is 0 Å². The van der Waals surface area contributed by atoms with E-state index in [0.29, 0.717) is 19.2 Å². The lowest BCUT2D eigenvalue weighted by Gasteiger charge is -2.25. The first-order chi connectivity index (χ1) is 15.1. The largest absolute Gasteiger partial charge is 0.382 e. The van der Waals surface area contributed by atoms with E-state index in [1.165, 1.54) is 11.3 Å². The van der Waals surface area contributed by atoms with Crippen LogP contribution in [-0.2, 0) is 35.5 Å². The van der Waals surface area contributed by atoms with Crippen LogP contribution in [0.25, 0.3) is 11.0 Å². The van der Waals surface area contributed by atoms with Crippen molar-refractivity contribution in [3.8, 4) is 0 Å². The summed E-state index contributed by atoms with van der Waals surface area (Å²) in [4.78, 5) is 20.0. The molecule has 8 heteroatoms. The zero-order chi connectivity index (χ0) is 21.4. The van der Waals surface area contributed by atoms with Gasteiger partial charge in [0.1, 0.15) is 12.4 Å². The average molecular weight is 423 g/mol. The fourth-order valence-corrected chi connectivity index (χ4v) is 4.67. The fourth-order valence-electron chi connectivity index (χ4n) is 4.67. The molecule has 3 aromatic rings. The van der Waals surface area contributed by atoms with Gasteiger partial charge in [-0.15, -0.1) is 0 Å². The molecule has 2 atom stereocenters. The maximum absolute atomic E-state index is 13.1. The number of likely N-dealkylation sites (N-methyl/N-ethyl adjacent to an activating group) is 1. The average Bonchev–Trinajstić information content (AvgIpc) is 3.53. The lowest BCUT2D eigenvalue weighted by atomic mass is 9.98. The van der Waals surface area contributed by atoms with Gasteiger partial charge in [0.25, 0.3) is 0 Å². The molecule has 0 saturated carbocycles. The molecule has 2 aromatic heterocycles. The van der Waals surface area contributed by atoms with Gasteiger partial charge in [0.15, 0.2) is 0 Å². The summed E-state index contributed by atoms with van der Waals surface area (Å²) in [5.74, 6) is 1.03. The Kier molecular flexibility index (Phi) is 5.40. The summed E-state index contributed by atoms with van der Waals surface area (Å²) >= 11 is 0. The topological polar surface area (TPSA) is 77.2 Å². The van der Waals surface area contributed by atoms with Gasteiger partial charge in [0.05, 0.1) is 23.7 Å². The number of ether oxygens (including phenoxy) is 1. The number of benzene rings is 1. The summed E-state index contributed by atoms with van der Waals surface area (Å²) in [5.41, 5.74) is 4.49. The van der Waals surface area contributed by atoms with Gasteiger partial charge >= 0.3 is 0 Å². The molecule has 0 unspecified atom stereocenters. The minimum absolute atomic E-state index is 0.0969. The number of fused-ring (bicyclic) bond motifs is 3. The molecule has 1 fully saturated rings. The molecular formula is C23H30N6O2. The van der Waals surface area contributed by atoms with Gasteiger partial charge in [0.2, 0.25) is 5.91 Å². The van der Waals surface area contributed by atoms with Gasteiger partial charge in [-0.05, 0) is 44.4 Å². The highest BCUT2D eigenvalue weighted by Crippen LogP contribution is 2.32. The second-order valence-electron chi connectivity index (χ2n) is 8.70. The Morgan fingerprint density at radius 3 is 3.03 bits per heavy atom. The van der Waals surface area contributed by atoms with Crippen molar-refractivity contribution in [2.24, 2.45) is 0 Å². The third kappa shape index (κ3) is 3.92. The number of carbonyl (C=O) groups excluding carboxylic acids is 1. The van der Waals surface area contributed by atoms with Crippen LogP contribution in [-0.4, -0.2) is 62.5 Å². The van der Waals surface area contributed by atoms with Crippen molar-refractivity contribution >= 4 is 22.6 Å². The Balaban J connectivity index is 1.48. The standard InChI is InChI=1S/C23H30N6O2/c1-16-4-5-18-19(25-16)6-7-20-23(18)26-21(8-12-28-11-3-10-24-28)29(20)14-22(30)27(2)17-9-13-31-15-17/h3,6-7,10-11,16-17,25H,4-5,8-9,12-15H2,1-2H3/t16-,17-/m0/s1. The lowest BCUT2D eigenvalue weighted by molar-refractivity contribution is -0.132. The molecule has 164 valence electrons. The lowest BCUT2D eigenvalue weighted by Crippen LogP contribution is -2.39. The number of aryl methyl sites for hydroxylation is 3. The van der Waals surface area contributed by atoms with E-state index in [1.807, 2.05) is 28.9 Å². The van der Waals surface area contributed by atoms with Crippen LogP contribution >= 0.6 is 0 Å². The van der Waals surface area contributed by atoms with Crippen LogP contribution in [0.5, 0.6) is 0 Å². The highest BCUT2D eigenvalue weighted by molar-refractivity contribution is 5.87. The van der Waals surface area contributed by atoms with E-state index in [4.69, 9.17) is 9.72 Å². The van der Waals surface area contributed by atoms with Crippen molar-refractivity contribution in [2.75, 3.05) is 25.6 Å². The summed E-state index contributed by atoms with van der Waals surface area (Å²) < 4.78 is 9.49. The van der Waals surface area contributed by atoms with E-state index in [-0.39, 0.29) is 11.9 Å². The van der Waals surface area contributed by atoms with E-state index in [2.05, 4.69) is 34.0 Å². The molecule has 1 amide bonds. The van der Waals surface area contributed by atoms with Crippen molar-refractivity contribution in [3.05, 3.63) is 42.0 Å². The molecule has 8 nitrogen and oxygen atoms in total. The Labute approximate surface area is 182 Å². The molecule has 2 aliphatic rings. The predicted octanol–water partition coefficient (Wildman–Crippen LogP) is 2.47. The first-order valence-corrected chi connectivity index (χ1v) is 11.2. The van der Waals surface area contributed by atoms with Crippen molar-refractivity contribution in [1.82, 2.24) is 24.2 Å². The van der Waals surface area contributed by atoms with Crippen LogP contribution < -0.4 is 5.32 Å². The number of hydrogen-bond donors (Lipinski definition) is 1. The van der Waals surface area contributed by atoms with Gasteiger partial charge < -0.3 is 19.5 Å². The van der Waals surface area contributed by atoms with Crippen molar-refractivity contribution < 1.29 is 9.53 Å². The highest BCUT2D eigenvalue weighted by atomic mass is 16.5. The number of hydrogen-bond acceptors (Lipinski definition) is 5. The molecule has 2 aliphatic heterocycles. The first kappa shape index (κ1) is 20.1. The molecule has 1 saturated heterocycles. The fraction of sp³-hybridized carbons (Fsp3) is 0.522. The number of rotatable bonds is 6. The molecule has 0 aliphatic carbocycles. The number of nitrogens with zero attached hydrogens (tertiary/aromatic N) is 5. The van der Waals surface area contributed by atoms with Crippen molar-refractivity contribution in [2.45, 2.75) is 57.8 Å². The molecule has 0 spiro atoms. The third-order valence-electron chi connectivity index (χ3n) is 6.60. The monoisotopic (exact) mass is 422 g/mol. The minimum atomic E-state index is 0.0969. The summed E-state index contributed by atoms with van der Waals surface area (Å²) in [6.07, 6.45) is 7.46. The number of carbonyl (C=O) groups is 1. The summed E-state index contributed by atoms with van der Waals surface area (Å²) in [7, 11) is 1.89. The molecule has 31 heavy (non-hydrogen) atoms. The normalized spacial score (nSPS) is 20.6. The molecular weight excluding hydrogens is 392 g/mol. The van der Waals surface area contributed by atoms with E-state index in [0.717, 1.165) is 55.7 Å². The minimum Gasteiger partial charge on any atom is -0.382 e. The molecule has 0 radical (unpaired) electrons. The zero-order valence-electron chi connectivity index (χ0n) is 18.3. The van der Waals surface area contributed by atoms with Gasteiger partial charge in [-0.1, -0.05) is 0 Å². The van der Waals surface area contributed by atoms with E-state index >= 15 is 0 Å². The van der Waals surface area contributed by atoms with Crippen LogP contribution in [0, 0.1) is 0 Å². The number of anilines is 1. The van der Waals surface area contributed by atoms with Crippen LogP contribution in [0.1, 0.15) is 31.2 Å². The molecule has 1 N–H and O–H groups in total. The van der Waals surface area contributed by atoms with Crippen LogP contribution in [0.2, 0.25) is 0 Å². The van der Waals surface area contributed by atoms with Gasteiger partial charge in [0, 0.05) is 56.3 Å². The number of imidazole rings is 1. The molecule has 5 rings (SSSR count).